The fourth-order valence-electron chi connectivity index (χ4n) is 5.60. The summed E-state index contributed by atoms with van der Waals surface area (Å²) in [5.41, 5.74) is 3.29. The molecule has 2 aromatic carbocycles. The van der Waals surface area contributed by atoms with Gasteiger partial charge in [-0.3, -0.25) is 4.79 Å². The minimum absolute atomic E-state index is 0.0814. The average Bonchev–Trinajstić information content (AvgIpc) is 2.92. The highest BCUT2D eigenvalue weighted by atomic mass is 32.2. The van der Waals surface area contributed by atoms with E-state index in [1.54, 1.807) is 29.6 Å². The van der Waals surface area contributed by atoms with E-state index in [1.807, 2.05) is 13.8 Å². The van der Waals surface area contributed by atoms with Gasteiger partial charge in [-0.05, 0) is 57.0 Å². The van der Waals surface area contributed by atoms with Crippen molar-refractivity contribution in [1.82, 2.24) is 9.88 Å². The van der Waals surface area contributed by atoms with Crippen molar-refractivity contribution in [1.29, 1.82) is 0 Å². The van der Waals surface area contributed by atoms with Gasteiger partial charge in [0.15, 0.2) is 0 Å². The van der Waals surface area contributed by atoms with Crippen LogP contribution in [0, 0.1) is 0 Å². The van der Waals surface area contributed by atoms with Crippen LogP contribution in [0.3, 0.4) is 0 Å². The summed E-state index contributed by atoms with van der Waals surface area (Å²) in [5, 5.41) is 13.9. The number of β-amino-alcohol motifs (C(OH)–C–C–N with tert-alkyl or cyclic N) is 1. The smallest absolute Gasteiger partial charge is 0.250 e. The Morgan fingerprint density at radius 3 is 2.56 bits per heavy atom. The molecule has 0 spiro atoms. The number of pyridine rings is 1. The highest BCUT2D eigenvalue weighted by Crippen LogP contribution is 2.52. The average molecular weight is 565 g/mol. The fraction of sp³-hybridized carbons (Fsp3) is 0.433. The minimum Gasteiger partial charge on any atom is -0.389 e. The molecule has 3 aromatic rings. The van der Waals surface area contributed by atoms with E-state index < -0.39 is 5.60 Å². The minimum atomic E-state index is -0.648. The Hall–Kier alpha value is -2.43. The van der Waals surface area contributed by atoms with Gasteiger partial charge in [0.2, 0.25) is 5.56 Å². The molecule has 0 atom stereocenters. The fourth-order valence-corrected chi connectivity index (χ4v) is 8.01. The lowest BCUT2D eigenvalue weighted by Crippen LogP contribution is -2.45. The molecule has 0 amide bonds. The number of fused-ring (bicyclic) bond motifs is 2. The molecule has 0 bridgehead atoms. The zero-order chi connectivity index (χ0) is 27.0. The molecule has 2 fully saturated rings. The van der Waals surface area contributed by atoms with Crippen LogP contribution in [-0.4, -0.2) is 72.6 Å². The predicted molar refractivity (Wildman–Crippen MR) is 160 cm³/mol. The number of ether oxygens (including phenoxy) is 1. The molecule has 6 rings (SSSR count). The van der Waals surface area contributed by atoms with Gasteiger partial charge in [-0.2, -0.15) is 0 Å². The summed E-state index contributed by atoms with van der Waals surface area (Å²) in [7, 11) is 0. The van der Waals surface area contributed by atoms with E-state index >= 15 is 0 Å². The molecule has 3 aliphatic rings. The molecule has 3 N–H and O–H groups in total. The molecule has 0 aliphatic carbocycles. The van der Waals surface area contributed by atoms with Crippen molar-refractivity contribution in [2.75, 3.05) is 56.2 Å². The summed E-state index contributed by atoms with van der Waals surface area (Å²) in [4.78, 5) is 25.2. The predicted octanol–water partition coefficient (Wildman–Crippen LogP) is 5.14. The number of piperidine rings is 1. The number of nitrogens with one attached hydrogen (secondary N) is 2. The molecule has 3 aliphatic heterocycles. The Morgan fingerprint density at radius 1 is 1.00 bits per heavy atom. The van der Waals surface area contributed by atoms with E-state index in [9.17, 15) is 9.90 Å². The second-order valence-corrected chi connectivity index (χ2v) is 13.4. The third kappa shape index (κ3) is 6.33. The van der Waals surface area contributed by atoms with Crippen molar-refractivity contribution < 1.29 is 9.84 Å². The third-order valence-electron chi connectivity index (χ3n) is 7.42. The number of hydrogen-bond donors (Lipinski definition) is 3. The molecule has 1 aromatic heterocycles. The maximum Gasteiger partial charge on any atom is 0.250 e. The molecule has 0 saturated carbocycles. The van der Waals surface area contributed by atoms with Gasteiger partial charge in [0.05, 0.1) is 24.5 Å². The molecule has 0 unspecified atom stereocenters. The van der Waals surface area contributed by atoms with E-state index in [0.29, 0.717) is 19.3 Å². The van der Waals surface area contributed by atoms with Gasteiger partial charge < -0.3 is 29.9 Å². The van der Waals surface area contributed by atoms with E-state index in [4.69, 9.17) is 4.74 Å². The highest BCUT2D eigenvalue weighted by molar-refractivity contribution is 8.05. The van der Waals surface area contributed by atoms with Crippen LogP contribution in [0.2, 0.25) is 0 Å². The molecule has 7 nitrogen and oxygen atoms in total. The van der Waals surface area contributed by atoms with Crippen LogP contribution < -0.4 is 15.8 Å². The van der Waals surface area contributed by atoms with Gasteiger partial charge in [-0.1, -0.05) is 35.7 Å². The molecule has 206 valence electrons. The number of nitrogens with zero attached hydrogens (tertiary/aromatic N) is 2. The maximum absolute atomic E-state index is 12.6. The maximum atomic E-state index is 12.6. The first-order valence-electron chi connectivity index (χ1n) is 13.7. The van der Waals surface area contributed by atoms with Gasteiger partial charge in [0.25, 0.3) is 0 Å². The summed E-state index contributed by atoms with van der Waals surface area (Å²) in [6, 6.07) is 17.2. The summed E-state index contributed by atoms with van der Waals surface area (Å²) in [5.74, 6) is 0. The molecule has 4 heterocycles. The molecular formula is C30H36N4O3S2. The Labute approximate surface area is 238 Å². The zero-order valence-electron chi connectivity index (χ0n) is 22.5. The molecule has 9 heteroatoms. The van der Waals surface area contributed by atoms with Crippen LogP contribution in [-0.2, 0) is 4.74 Å². The van der Waals surface area contributed by atoms with E-state index in [-0.39, 0.29) is 5.56 Å². The van der Waals surface area contributed by atoms with Crippen LogP contribution >= 0.6 is 23.5 Å². The molecule has 2 saturated heterocycles. The lowest BCUT2D eigenvalue weighted by Gasteiger charge is -2.36. The first kappa shape index (κ1) is 26.8. The number of anilines is 2. The normalized spacial score (nSPS) is 18.5. The van der Waals surface area contributed by atoms with Gasteiger partial charge in [-0.15, -0.1) is 0 Å². The number of hydrogen-bond acceptors (Lipinski definition) is 8. The number of rotatable bonds is 6. The Morgan fingerprint density at radius 2 is 1.79 bits per heavy atom. The molecular weight excluding hydrogens is 528 g/mol. The lowest BCUT2D eigenvalue weighted by molar-refractivity contribution is 0.0291. The van der Waals surface area contributed by atoms with Gasteiger partial charge in [0, 0.05) is 81.4 Å². The van der Waals surface area contributed by atoms with Crippen molar-refractivity contribution >= 4 is 34.9 Å². The van der Waals surface area contributed by atoms with Gasteiger partial charge in [-0.25, -0.2) is 0 Å². The highest BCUT2D eigenvalue weighted by Gasteiger charge is 2.25. The van der Waals surface area contributed by atoms with Crippen LogP contribution in [0.4, 0.5) is 11.4 Å². The van der Waals surface area contributed by atoms with Gasteiger partial charge >= 0.3 is 0 Å². The van der Waals surface area contributed by atoms with Crippen LogP contribution in [0.25, 0.3) is 11.3 Å². The van der Waals surface area contributed by atoms with Crippen molar-refractivity contribution in [3.05, 3.63) is 58.9 Å². The monoisotopic (exact) mass is 564 g/mol. The second-order valence-electron chi connectivity index (χ2n) is 11.2. The Bertz CT molecular complexity index is 1390. The SMILES string of the molecule is CC(C)(O)CN1CCC(Nc2ccc3c(c2)Sc2cccc(-c4cc(N5CCOCC5)cc(=O)[nH]4)c2S3)CC1. The largest absolute Gasteiger partial charge is 0.389 e. The standard InChI is InChI=1S/C30H36N4O3S2/c1-30(2,36)19-33-10-8-20(9-11-33)31-21-6-7-25-27(16-21)38-26-5-3-4-23(29(26)39-25)24-17-22(18-28(35)32-24)34-12-14-37-15-13-34/h3-7,16-18,20,31,36H,8-15,19H2,1-2H3,(H,32,35). The van der Waals surface area contributed by atoms with Gasteiger partial charge in [0.1, 0.15) is 0 Å². The Balaban J connectivity index is 1.18. The summed E-state index contributed by atoms with van der Waals surface area (Å²) < 4.78 is 5.50. The van der Waals surface area contributed by atoms with E-state index in [0.717, 1.165) is 68.2 Å². The van der Waals surface area contributed by atoms with Crippen molar-refractivity contribution in [2.24, 2.45) is 0 Å². The van der Waals surface area contributed by atoms with Crippen molar-refractivity contribution in [3.63, 3.8) is 0 Å². The summed E-state index contributed by atoms with van der Waals surface area (Å²) in [6.45, 7) is 9.44. The Kier molecular flexibility index (Phi) is 7.70. The second kappa shape index (κ2) is 11.2. The van der Waals surface area contributed by atoms with E-state index in [1.165, 1.54) is 19.6 Å². The van der Waals surface area contributed by atoms with Crippen molar-refractivity contribution in [2.45, 2.75) is 57.9 Å². The van der Waals surface area contributed by atoms with Crippen molar-refractivity contribution in [3.8, 4) is 11.3 Å². The molecule has 0 radical (unpaired) electrons. The number of likely N-dealkylation sites (tertiary alicyclic amines) is 1. The number of aromatic amines is 1. The van der Waals surface area contributed by atoms with Crippen LogP contribution in [0.15, 0.2) is 72.9 Å². The number of aliphatic hydroxyl groups is 1. The topological polar surface area (TPSA) is 80.8 Å². The van der Waals surface area contributed by atoms with E-state index in [2.05, 4.69) is 62.6 Å². The number of aromatic nitrogens is 1. The lowest BCUT2D eigenvalue weighted by atomic mass is 10.0. The van der Waals surface area contributed by atoms with Crippen LogP contribution in [0.5, 0.6) is 0 Å². The number of benzene rings is 2. The quantitative estimate of drug-likeness (QED) is 0.297. The summed E-state index contributed by atoms with van der Waals surface area (Å²) >= 11 is 3.57. The zero-order valence-corrected chi connectivity index (χ0v) is 24.2. The first-order chi connectivity index (χ1) is 18.8. The summed E-state index contributed by atoms with van der Waals surface area (Å²) in [6.07, 6.45) is 2.14. The third-order valence-corrected chi connectivity index (χ3v) is 10.0. The van der Waals surface area contributed by atoms with Crippen LogP contribution in [0.1, 0.15) is 26.7 Å². The molecule has 39 heavy (non-hydrogen) atoms. The number of morpholine rings is 1. The first-order valence-corrected chi connectivity index (χ1v) is 15.4. The number of H-pyrrole nitrogens is 1.